The Hall–Kier alpha value is -4.03. The third kappa shape index (κ3) is 5.55. The van der Waals surface area contributed by atoms with Crippen molar-refractivity contribution in [1.82, 2.24) is 4.98 Å². The molecule has 0 amide bonds. The Balaban J connectivity index is 2.26. The Morgan fingerprint density at radius 3 is 2.63 bits per heavy atom. The summed E-state index contributed by atoms with van der Waals surface area (Å²) in [6.07, 6.45) is 5.03. The van der Waals surface area contributed by atoms with Crippen molar-refractivity contribution in [3.8, 4) is 12.3 Å². The molecule has 180 valence electrons. The zero-order chi connectivity index (χ0) is 25.9. The Bertz CT molecular complexity index is 1470. The van der Waals surface area contributed by atoms with Gasteiger partial charge in [-0.2, -0.15) is 13.2 Å². The average Bonchev–Trinajstić information content (AvgIpc) is 2.79. The molecule has 3 rings (SSSR count). The van der Waals surface area contributed by atoms with Crippen LogP contribution in [-0.2, 0) is 6.18 Å². The number of carboxylic acid groups (broad SMARTS) is 1. The summed E-state index contributed by atoms with van der Waals surface area (Å²) in [5, 5.41) is 11.9. The van der Waals surface area contributed by atoms with Gasteiger partial charge < -0.3 is 14.8 Å². The maximum absolute atomic E-state index is 13.6. The third-order valence-electron chi connectivity index (χ3n) is 5.04. The number of hydrogen-bond acceptors (Lipinski definition) is 5. The van der Waals surface area contributed by atoms with E-state index in [2.05, 4.69) is 16.2 Å². The van der Waals surface area contributed by atoms with E-state index in [-0.39, 0.29) is 33.1 Å². The number of halogens is 4. The van der Waals surface area contributed by atoms with Crippen molar-refractivity contribution in [3.05, 3.63) is 86.5 Å². The van der Waals surface area contributed by atoms with Crippen LogP contribution in [0.25, 0.3) is 16.5 Å². The fourth-order valence-electron chi connectivity index (χ4n) is 3.40. The van der Waals surface area contributed by atoms with E-state index in [4.69, 9.17) is 22.4 Å². The second kappa shape index (κ2) is 10.1. The van der Waals surface area contributed by atoms with Gasteiger partial charge in [-0.25, -0.2) is 9.78 Å². The highest BCUT2D eigenvalue weighted by atomic mass is 35.5. The van der Waals surface area contributed by atoms with Crippen molar-refractivity contribution in [2.75, 3.05) is 5.32 Å². The summed E-state index contributed by atoms with van der Waals surface area (Å²) in [6.45, 7) is 3.18. The Kier molecular flexibility index (Phi) is 7.37. The number of anilines is 1. The van der Waals surface area contributed by atoms with Crippen LogP contribution < -0.4 is 10.7 Å². The maximum atomic E-state index is 13.6. The zero-order valence-electron chi connectivity index (χ0n) is 18.4. The number of terminal acetylenes is 1. The van der Waals surface area contributed by atoms with Crippen LogP contribution in [0.1, 0.15) is 47.3 Å². The summed E-state index contributed by atoms with van der Waals surface area (Å²) in [7, 11) is 0. The fraction of sp³-hybridized carbons (Fsp3) is 0.160. The molecule has 0 aliphatic heterocycles. The molecule has 6 nitrogen and oxygen atoms in total. The van der Waals surface area contributed by atoms with Gasteiger partial charge in [-0.05, 0) is 50.3 Å². The normalized spacial score (nSPS) is 13.1. The number of hydrogen-bond donors (Lipinski definition) is 2. The highest BCUT2D eigenvalue weighted by molar-refractivity contribution is 6.29. The molecule has 1 aromatic carbocycles. The molecule has 2 heterocycles. The summed E-state index contributed by atoms with van der Waals surface area (Å²) in [5.74, 6) is 1.03. The van der Waals surface area contributed by atoms with Crippen LogP contribution in [0.2, 0.25) is 5.15 Å². The lowest BCUT2D eigenvalue weighted by atomic mass is 9.99. The van der Waals surface area contributed by atoms with Crippen molar-refractivity contribution >= 4 is 39.8 Å². The zero-order valence-corrected chi connectivity index (χ0v) is 19.2. The summed E-state index contributed by atoms with van der Waals surface area (Å²) >= 11 is 5.78. The minimum atomic E-state index is -4.74. The SMILES string of the molecule is C#C/C=C\C(=C/C)c1cc(=O)c2cc(C(F)(F)F)cc(C(C)Nc3ccc(Cl)nc3C(=O)O)c2o1. The number of nitrogens with zero attached hydrogens (tertiary/aromatic N) is 1. The molecule has 2 aromatic heterocycles. The van der Waals surface area contributed by atoms with Crippen molar-refractivity contribution in [2.45, 2.75) is 26.1 Å². The number of carbonyl (C=O) groups is 1. The lowest BCUT2D eigenvalue weighted by Gasteiger charge is -2.20. The van der Waals surface area contributed by atoms with Crippen LogP contribution in [0.5, 0.6) is 0 Å². The van der Waals surface area contributed by atoms with E-state index in [9.17, 15) is 27.9 Å². The van der Waals surface area contributed by atoms with Gasteiger partial charge in [0.2, 0.25) is 0 Å². The van der Waals surface area contributed by atoms with Crippen LogP contribution in [0.15, 0.2) is 57.8 Å². The number of nitrogens with one attached hydrogen (secondary N) is 1. The van der Waals surface area contributed by atoms with Gasteiger partial charge in [0.05, 0.1) is 22.7 Å². The molecule has 1 atom stereocenters. The lowest BCUT2D eigenvalue weighted by Crippen LogP contribution is -2.15. The van der Waals surface area contributed by atoms with E-state index in [1.807, 2.05) is 0 Å². The van der Waals surface area contributed by atoms with E-state index < -0.39 is 34.9 Å². The maximum Gasteiger partial charge on any atom is 0.416 e. The van der Waals surface area contributed by atoms with Crippen molar-refractivity contribution < 1.29 is 27.5 Å². The van der Waals surface area contributed by atoms with Crippen LogP contribution in [0.4, 0.5) is 18.9 Å². The lowest BCUT2D eigenvalue weighted by molar-refractivity contribution is -0.137. The Labute approximate surface area is 202 Å². The molecule has 0 aliphatic carbocycles. The quantitative estimate of drug-likeness (QED) is 0.233. The first-order chi connectivity index (χ1) is 16.5. The number of alkyl halides is 3. The molecule has 0 fully saturated rings. The second-order valence-corrected chi connectivity index (χ2v) is 7.75. The molecule has 3 aromatic rings. The van der Waals surface area contributed by atoms with Crippen LogP contribution in [0, 0.1) is 12.3 Å². The van der Waals surface area contributed by atoms with Crippen LogP contribution in [-0.4, -0.2) is 16.1 Å². The number of rotatable bonds is 6. The van der Waals surface area contributed by atoms with Gasteiger partial charge in [0, 0.05) is 17.2 Å². The van der Waals surface area contributed by atoms with Gasteiger partial charge in [0.1, 0.15) is 16.5 Å². The monoisotopic (exact) mass is 502 g/mol. The molecule has 0 saturated heterocycles. The molecule has 1 unspecified atom stereocenters. The number of carboxylic acids is 1. The molecule has 0 bridgehead atoms. The van der Waals surface area contributed by atoms with Crippen molar-refractivity contribution in [1.29, 1.82) is 0 Å². The van der Waals surface area contributed by atoms with E-state index in [1.54, 1.807) is 13.0 Å². The minimum Gasteiger partial charge on any atom is -0.476 e. The van der Waals surface area contributed by atoms with Gasteiger partial charge in [0.25, 0.3) is 0 Å². The fourth-order valence-corrected chi connectivity index (χ4v) is 3.54. The van der Waals surface area contributed by atoms with Gasteiger partial charge in [-0.1, -0.05) is 23.6 Å². The van der Waals surface area contributed by atoms with Gasteiger partial charge >= 0.3 is 12.1 Å². The number of benzene rings is 1. The number of pyridine rings is 1. The van der Waals surface area contributed by atoms with E-state index in [0.29, 0.717) is 5.57 Å². The summed E-state index contributed by atoms with van der Waals surface area (Å²) in [5.41, 5.74) is -1.80. The largest absolute Gasteiger partial charge is 0.476 e. The highest BCUT2D eigenvalue weighted by Gasteiger charge is 2.33. The predicted molar refractivity (Wildman–Crippen MR) is 127 cm³/mol. The third-order valence-corrected chi connectivity index (χ3v) is 5.25. The topological polar surface area (TPSA) is 92.4 Å². The van der Waals surface area contributed by atoms with E-state index in [0.717, 1.165) is 18.2 Å². The number of allylic oxidation sites excluding steroid dienone is 4. The Morgan fingerprint density at radius 1 is 1.31 bits per heavy atom. The first-order valence-electron chi connectivity index (χ1n) is 10.1. The van der Waals surface area contributed by atoms with E-state index >= 15 is 0 Å². The highest BCUT2D eigenvalue weighted by Crippen LogP contribution is 2.36. The average molecular weight is 503 g/mol. The van der Waals surface area contributed by atoms with Crippen LogP contribution >= 0.6 is 11.6 Å². The smallest absolute Gasteiger partial charge is 0.416 e. The molecule has 0 radical (unpaired) electrons. The Morgan fingerprint density at radius 2 is 2.03 bits per heavy atom. The molecule has 0 aliphatic rings. The van der Waals surface area contributed by atoms with Gasteiger partial charge in [0.15, 0.2) is 11.1 Å². The van der Waals surface area contributed by atoms with Crippen molar-refractivity contribution in [3.63, 3.8) is 0 Å². The molecular formula is C25H18ClF3N2O4. The standard InChI is InChI=1S/C25H18ClF3N2O4/c1-4-6-7-14(5-2)20-12-19(32)17-11-15(25(27,28)29)10-16(23(17)35-20)13(3)30-18-8-9-21(26)31-22(18)24(33)34/h1,5-13,30H,2-3H3,(H,33,34)/b7-6-,14-5+. The number of aromatic carboxylic acids is 1. The minimum absolute atomic E-state index is 0.0172. The number of fused-ring (bicyclic) bond motifs is 1. The van der Waals surface area contributed by atoms with Gasteiger partial charge in [-0.3, -0.25) is 4.79 Å². The molecule has 35 heavy (non-hydrogen) atoms. The second-order valence-electron chi connectivity index (χ2n) is 7.36. The summed E-state index contributed by atoms with van der Waals surface area (Å²) in [6, 6.07) is 4.40. The molecule has 0 spiro atoms. The van der Waals surface area contributed by atoms with Gasteiger partial charge in [-0.15, -0.1) is 6.42 Å². The molecule has 2 N–H and O–H groups in total. The molecule has 10 heteroatoms. The first-order valence-corrected chi connectivity index (χ1v) is 10.5. The predicted octanol–water partition coefficient (Wildman–Crippen LogP) is 6.32. The molecule has 0 saturated carbocycles. The van der Waals surface area contributed by atoms with Crippen LogP contribution in [0.3, 0.4) is 0 Å². The summed E-state index contributed by atoms with van der Waals surface area (Å²) < 4.78 is 46.8. The van der Waals surface area contributed by atoms with E-state index in [1.165, 1.54) is 31.2 Å². The number of aromatic nitrogens is 1. The molecular weight excluding hydrogens is 485 g/mol. The summed E-state index contributed by atoms with van der Waals surface area (Å²) in [4.78, 5) is 28.2. The van der Waals surface area contributed by atoms with Crippen molar-refractivity contribution in [2.24, 2.45) is 0 Å². The first kappa shape index (κ1) is 25.6.